The highest BCUT2D eigenvalue weighted by molar-refractivity contribution is 8.00. The van der Waals surface area contributed by atoms with E-state index in [2.05, 4.69) is 0 Å². The summed E-state index contributed by atoms with van der Waals surface area (Å²) in [6.45, 7) is 0. The second-order valence-corrected chi connectivity index (χ2v) is 2.84. The zero-order chi connectivity index (χ0) is 9.14. The van der Waals surface area contributed by atoms with Crippen molar-refractivity contribution in [3.8, 4) is 0 Å². The maximum Gasteiger partial charge on any atom is 0.338 e. The summed E-state index contributed by atoms with van der Waals surface area (Å²) in [5.41, 5.74) is 4.70. The molecule has 0 fully saturated rings. The van der Waals surface area contributed by atoms with Gasteiger partial charge in [-0.25, -0.2) is 13.9 Å². The maximum absolute atomic E-state index is 11.0. The highest BCUT2D eigenvalue weighted by Crippen LogP contribution is 2.22. The van der Waals surface area contributed by atoms with Crippen LogP contribution in [-0.4, -0.2) is 27.7 Å². The van der Waals surface area contributed by atoms with Gasteiger partial charge in [0.2, 0.25) is 0 Å². The lowest BCUT2D eigenvalue weighted by atomic mass is 10.5. The number of urea groups is 2. The smallest absolute Gasteiger partial charge is 0.338 e. The standard InChI is InChI=1S/C5H7N3O3S/c6-4(10)7-5(11)8-3(9)1-2-12-8/h1-3,9H,(H3,6,7,10,11). The van der Waals surface area contributed by atoms with Crippen LogP contribution in [-0.2, 0) is 0 Å². The SMILES string of the molecule is NC(=O)NC(=O)N1SC=CC1O. The Morgan fingerprint density at radius 1 is 1.67 bits per heavy atom. The Morgan fingerprint density at radius 2 is 2.33 bits per heavy atom. The first-order valence-corrected chi connectivity index (χ1v) is 3.86. The molecule has 0 aromatic rings. The number of carbonyl (C=O) groups is 2. The number of hydrogen-bond donors (Lipinski definition) is 3. The van der Waals surface area contributed by atoms with Crippen molar-refractivity contribution in [2.24, 2.45) is 5.73 Å². The van der Waals surface area contributed by atoms with Crippen LogP contribution < -0.4 is 11.1 Å². The largest absolute Gasteiger partial charge is 0.369 e. The highest BCUT2D eigenvalue weighted by atomic mass is 32.2. The number of primary amides is 1. The second kappa shape index (κ2) is 3.46. The van der Waals surface area contributed by atoms with Crippen molar-refractivity contribution in [3.63, 3.8) is 0 Å². The van der Waals surface area contributed by atoms with E-state index < -0.39 is 18.3 Å². The van der Waals surface area contributed by atoms with Crippen molar-refractivity contribution in [2.75, 3.05) is 0 Å². The van der Waals surface area contributed by atoms with Crippen LogP contribution in [0.1, 0.15) is 0 Å². The Morgan fingerprint density at radius 3 is 2.75 bits per heavy atom. The molecule has 0 aromatic carbocycles. The van der Waals surface area contributed by atoms with Crippen molar-refractivity contribution in [2.45, 2.75) is 6.23 Å². The van der Waals surface area contributed by atoms with Crippen LogP contribution in [0.2, 0.25) is 0 Å². The third-order valence-electron chi connectivity index (χ3n) is 1.10. The first-order chi connectivity index (χ1) is 5.61. The number of amides is 4. The number of hydrogen-bond acceptors (Lipinski definition) is 4. The molecular weight excluding hydrogens is 182 g/mol. The van der Waals surface area contributed by atoms with Crippen LogP contribution in [0.15, 0.2) is 11.5 Å². The van der Waals surface area contributed by atoms with Crippen molar-refractivity contribution < 1.29 is 14.7 Å². The molecule has 4 N–H and O–H groups in total. The quantitative estimate of drug-likeness (QED) is 0.450. The number of carbonyl (C=O) groups excluding carboxylic acids is 2. The van der Waals surface area contributed by atoms with E-state index in [0.29, 0.717) is 0 Å². The van der Waals surface area contributed by atoms with Crippen LogP contribution in [0.4, 0.5) is 9.59 Å². The van der Waals surface area contributed by atoms with E-state index >= 15 is 0 Å². The molecule has 1 unspecified atom stereocenters. The maximum atomic E-state index is 11.0. The minimum Gasteiger partial charge on any atom is -0.369 e. The van der Waals surface area contributed by atoms with E-state index in [0.717, 1.165) is 16.3 Å². The molecule has 6 nitrogen and oxygen atoms in total. The van der Waals surface area contributed by atoms with Gasteiger partial charge >= 0.3 is 12.1 Å². The van der Waals surface area contributed by atoms with Gasteiger partial charge < -0.3 is 10.8 Å². The lowest BCUT2D eigenvalue weighted by Crippen LogP contribution is -2.44. The molecule has 1 aliphatic rings. The summed E-state index contributed by atoms with van der Waals surface area (Å²) in [5, 5.41) is 12.4. The fourth-order valence-electron chi connectivity index (χ4n) is 0.640. The van der Waals surface area contributed by atoms with E-state index in [1.165, 1.54) is 11.5 Å². The predicted octanol–water partition coefficient (Wildman–Crippen LogP) is -0.429. The molecule has 66 valence electrons. The average molecular weight is 189 g/mol. The van der Waals surface area contributed by atoms with Crippen molar-refractivity contribution >= 4 is 24.0 Å². The molecular formula is C5H7N3O3S. The molecule has 0 saturated carbocycles. The van der Waals surface area contributed by atoms with Crippen LogP contribution >= 0.6 is 11.9 Å². The number of nitrogens with two attached hydrogens (primary N) is 1. The Kier molecular flexibility index (Phi) is 2.56. The molecule has 4 amide bonds. The van der Waals surface area contributed by atoms with E-state index in [1.807, 2.05) is 5.32 Å². The van der Waals surface area contributed by atoms with E-state index in [9.17, 15) is 9.59 Å². The van der Waals surface area contributed by atoms with Gasteiger partial charge in [0.05, 0.1) is 0 Å². The van der Waals surface area contributed by atoms with E-state index in [4.69, 9.17) is 10.8 Å². The summed E-state index contributed by atoms with van der Waals surface area (Å²) in [4.78, 5) is 21.2. The number of rotatable bonds is 0. The molecule has 12 heavy (non-hydrogen) atoms. The minimum atomic E-state index is -1.01. The van der Waals surface area contributed by atoms with Crippen LogP contribution in [0.5, 0.6) is 0 Å². The topological polar surface area (TPSA) is 95.7 Å². The Bertz CT molecular complexity index is 242. The lowest BCUT2D eigenvalue weighted by Gasteiger charge is -2.17. The molecule has 0 radical (unpaired) electrons. The minimum absolute atomic E-state index is 0.731. The number of aliphatic hydroxyl groups excluding tert-OH is 1. The van der Waals surface area contributed by atoms with Crippen LogP contribution in [0.25, 0.3) is 0 Å². The summed E-state index contributed by atoms with van der Waals surface area (Å²) in [5.74, 6) is 0. The van der Waals surface area contributed by atoms with Gasteiger partial charge in [0.15, 0.2) is 6.23 Å². The third kappa shape index (κ3) is 1.89. The number of nitrogens with one attached hydrogen (secondary N) is 1. The van der Waals surface area contributed by atoms with Crippen molar-refractivity contribution in [3.05, 3.63) is 11.5 Å². The molecule has 1 heterocycles. The summed E-state index contributed by atoms with van der Waals surface area (Å²) in [7, 11) is 0. The van der Waals surface area contributed by atoms with E-state index in [1.54, 1.807) is 0 Å². The molecule has 0 aromatic heterocycles. The van der Waals surface area contributed by atoms with Gasteiger partial charge in [-0.3, -0.25) is 5.32 Å². The first kappa shape index (κ1) is 8.88. The van der Waals surface area contributed by atoms with Gasteiger partial charge in [-0.05, 0) is 23.4 Å². The Balaban J connectivity index is 2.48. The number of aliphatic hydroxyl groups is 1. The lowest BCUT2D eigenvalue weighted by molar-refractivity contribution is 0.130. The van der Waals surface area contributed by atoms with E-state index in [-0.39, 0.29) is 0 Å². The Hall–Kier alpha value is -1.21. The molecule has 1 aliphatic heterocycles. The summed E-state index contributed by atoms with van der Waals surface area (Å²) < 4.78 is 0.977. The normalized spacial score (nSPS) is 21.1. The molecule has 0 bridgehead atoms. The van der Waals surface area contributed by atoms with Crippen LogP contribution in [0.3, 0.4) is 0 Å². The Labute approximate surface area is 72.5 Å². The van der Waals surface area contributed by atoms with Crippen molar-refractivity contribution in [1.82, 2.24) is 9.62 Å². The molecule has 7 heteroatoms. The average Bonchev–Trinajstić information content (AvgIpc) is 2.33. The van der Waals surface area contributed by atoms with Crippen LogP contribution in [0, 0.1) is 0 Å². The molecule has 0 aliphatic carbocycles. The summed E-state index contributed by atoms with van der Waals surface area (Å²) in [6, 6.07) is -1.68. The monoisotopic (exact) mass is 189 g/mol. The highest BCUT2D eigenvalue weighted by Gasteiger charge is 2.24. The van der Waals surface area contributed by atoms with Gasteiger partial charge in [0.1, 0.15) is 0 Å². The third-order valence-corrected chi connectivity index (χ3v) is 1.98. The zero-order valence-electron chi connectivity index (χ0n) is 5.93. The summed E-state index contributed by atoms with van der Waals surface area (Å²) >= 11 is 0.984. The number of imide groups is 1. The first-order valence-electron chi connectivity index (χ1n) is 3.02. The summed E-state index contributed by atoms with van der Waals surface area (Å²) in [6.07, 6.45) is 0.403. The fourth-order valence-corrected chi connectivity index (χ4v) is 1.32. The van der Waals surface area contributed by atoms with Gasteiger partial charge in [-0.1, -0.05) is 0 Å². The van der Waals surface area contributed by atoms with Gasteiger partial charge in [0, 0.05) is 0 Å². The molecule has 0 saturated heterocycles. The number of nitrogens with zero attached hydrogens (tertiary/aromatic N) is 1. The molecule has 1 atom stereocenters. The predicted molar refractivity (Wildman–Crippen MR) is 42.7 cm³/mol. The van der Waals surface area contributed by atoms with Gasteiger partial charge in [-0.2, -0.15) is 0 Å². The molecule has 0 spiro atoms. The molecule has 1 rings (SSSR count). The van der Waals surface area contributed by atoms with Gasteiger partial charge in [0.25, 0.3) is 0 Å². The van der Waals surface area contributed by atoms with Crippen molar-refractivity contribution in [1.29, 1.82) is 0 Å². The second-order valence-electron chi connectivity index (χ2n) is 1.97. The zero-order valence-corrected chi connectivity index (χ0v) is 6.75. The fraction of sp³-hybridized carbons (Fsp3) is 0.200. The van der Waals surface area contributed by atoms with Gasteiger partial charge in [-0.15, -0.1) is 0 Å².